The maximum absolute atomic E-state index is 12.0. The number of furan rings is 2. The van der Waals surface area contributed by atoms with Crippen LogP contribution in [-0.4, -0.2) is 32.2 Å². The summed E-state index contributed by atoms with van der Waals surface area (Å²) in [6.07, 6.45) is 6.71. The molecule has 4 aromatic rings. The predicted molar refractivity (Wildman–Crippen MR) is 119 cm³/mol. The molecule has 32 heavy (non-hydrogen) atoms. The smallest absolute Gasteiger partial charge is 0.233 e. The Bertz CT molecular complexity index is 1050. The van der Waals surface area contributed by atoms with Crippen LogP contribution in [-0.2, 0) is 35.3 Å². The minimum atomic E-state index is -0.189. The van der Waals surface area contributed by atoms with Crippen molar-refractivity contribution in [2.45, 2.75) is 38.5 Å². The molecule has 10 nitrogen and oxygen atoms in total. The highest BCUT2D eigenvalue weighted by Gasteiger charge is 2.12. The molecule has 0 saturated heterocycles. The van der Waals surface area contributed by atoms with E-state index in [0.29, 0.717) is 21.8 Å². The molecular formula is C20H20N6O4S2. The van der Waals surface area contributed by atoms with Crippen LogP contribution in [0.15, 0.2) is 45.6 Å². The van der Waals surface area contributed by atoms with Crippen molar-refractivity contribution in [2.75, 3.05) is 10.6 Å². The monoisotopic (exact) mass is 472 g/mol. The maximum atomic E-state index is 12.0. The Morgan fingerprint density at radius 3 is 1.62 bits per heavy atom. The van der Waals surface area contributed by atoms with Crippen LogP contribution < -0.4 is 10.6 Å². The van der Waals surface area contributed by atoms with Gasteiger partial charge in [0.2, 0.25) is 22.1 Å². The van der Waals surface area contributed by atoms with Crippen LogP contribution in [0.4, 0.5) is 10.3 Å². The van der Waals surface area contributed by atoms with Gasteiger partial charge in [0, 0.05) is 12.8 Å². The third-order valence-electron chi connectivity index (χ3n) is 4.29. The van der Waals surface area contributed by atoms with Crippen LogP contribution >= 0.6 is 22.7 Å². The van der Waals surface area contributed by atoms with Gasteiger partial charge in [-0.2, -0.15) is 0 Å². The highest BCUT2D eigenvalue weighted by Crippen LogP contribution is 2.20. The summed E-state index contributed by atoms with van der Waals surface area (Å²) in [6.45, 7) is 0. The third kappa shape index (κ3) is 6.56. The molecule has 2 N–H and O–H groups in total. The van der Waals surface area contributed by atoms with Crippen LogP contribution in [0.25, 0.3) is 0 Å². The first-order valence-electron chi connectivity index (χ1n) is 9.93. The lowest BCUT2D eigenvalue weighted by molar-refractivity contribution is -0.116. The van der Waals surface area contributed by atoms with E-state index >= 15 is 0 Å². The number of unbranched alkanes of at least 4 members (excludes halogenated alkanes) is 1. The molecule has 0 atom stereocenters. The van der Waals surface area contributed by atoms with Crippen molar-refractivity contribution in [1.29, 1.82) is 0 Å². The van der Waals surface area contributed by atoms with Crippen molar-refractivity contribution >= 4 is 44.8 Å². The van der Waals surface area contributed by atoms with E-state index in [-0.39, 0.29) is 24.7 Å². The highest BCUT2D eigenvalue weighted by molar-refractivity contribution is 7.15. The van der Waals surface area contributed by atoms with Gasteiger partial charge in [0.1, 0.15) is 21.5 Å². The first kappa shape index (κ1) is 21.8. The number of carbonyl (C=O) groups is 2. The summed E-state index contributed by atoms with van der Waals surface area (Å²) in [4.78, 5) is 24.0. The van der Waals surface area contributed by atoms with Crippen molar-refractivity contribution in [3.63, 3.8) is 0 Å². The van der Waals surface area contributed by atoms with Crippen LogP contribution in [0.3, 0.4) is 0 Å². The second-order valence-electron chi connectivity index (χ2n) is 6.82. The van der Waals surface area contributed by atoms with Gasteiger partial charge in [-0.1, -0.05) is 22.7 Å². The Hall–Kier alpha value is -3.38. The predicted octanol–water partition coefficient (Wildman–Crippen LogP) is 3.50. The van der Waals surface area contributed by atoms with Gasteiger partial charge in [0.25, 0.3) is 0 Å². The van der Waals surface area contributed by atoms with Crippen molar-refractivity contribution in [3.05, 3.63) is 58.3 Å². The number of nitrogens with one attached hydrogen (secondary N) is 2. The Balaban J connectivity index is 1.14. The largest absolute Gasteiger partial charge is 0.469 e. The lowest BCUT2D eigenvalue weighted by Gasteiger charge is -1.98. The highest BCUT2D eigenvalue weighted by atomic mass is 32.1. The van der Waals surface area contributed by atoms with Gasteiger partial charge >= 0.3 is 0 Å². The van der Waals surface area contributed by atoms with Crippen LogP contribution in [0.1, 0.15) is 34.4 Å². The molecule has 4 heterocycles. The maximum Gasteiger partial charge on any atom is 0.233 e. The summed E-state index contributed by atoms with van der Waals surface area (Å²) in [6, 6.07) is 6.99. The van der Waals surface area contributed by atoms with Gasteiger partial charge in [-0.05, 0) is 37.1 Å². The standard InChI is InChI=1S/C20H20N6O4S2/c27-15(11-13-5-3-9-29-13)21-19-25-23-17(31-19)7-1-2-8-18-24-26-20(32-18)22-16(28)12-14-6-4-10-30-14/h3-6,9-10H,1-2,7-8,11-12H2,(H,21,25,27)(H,22,26,28). The summed E-state index contributed by atoms with van der Waals surface area (Å²) in [5.41, 5.74) is 0. The van der Waals surface area contributed by atoms with Crippen molar-refractivity contribution in [1.82, 2.24) is 20.4 Å². The molecule has 0 aromatic carbocycles. The van der Waals surface area contributed by atoms with Crippen molar-refractivity contribution < 1.29 is 18.4 Å². The molecule has 0 spiro atoms. The van der Waals surface area contributed by atoms with Crippen molar-refractivity contribution in [3.8, 4) is 0 Å². The molecule has 0 unspecified atom stereocenters. The fourth-order valence-corrected chi connectivity index (χ4v) is 4.43. The van der Waals surface area contributed by atoms with Crippen LogP contribution in [0.5, 0.6) is 0 Å². The average molecular weight is 473 g/mol. The SMILES string of the molecule is O=C(Cc1ccco1)Nc1nnc(CCCCc2nnc(NC(=O)Cc3ccco3)s2)s1. The first-order valence-corrected chi connectivity index (χ1v) is 11.6. The first-order chi connectivity index (χ1) is 15.6. The lowest BCUT2D eigenvalue weighted by atomic mass is 10.2. The molecule has 0 saturated carbocycles. The lowest BCUT2D eigenvalue weighted by Crippen LogP contribution is -2.13. The molecule has 12 heteroatoms. The van der Waals surface area contributed by atoms with Crippen LogP contribution in [0, 0.1) is 0 Å². The second-order valence-corrected chi connectivity index (χ2v) is 8.94. The molecule has 0 fully saturated rings. The number of anilines is 2. The summed E-state index contributed by atoms with van der Waals surface area (Å²) >= 11 is 2.73. The zero-order valence-corrected chi connectivity index (χ0v) is 18.6. The molecule has 166 valence electrons. The zero-order chi connectivity index (χ0) is 22.2. The molecule has 0 aliphatic heterocycles. The van der Waals surface area contributed by atoms with Gasteiger partial charge in [-0.25, -0.2) is 0 Å². The number of aryl methyl sites for hydroxylation is 2. The number of hydrogen-bond acceptors (Lipinski definition) is 10. The molecule has 4 aromatic heterocycles. The Morgan fingerprint density at radius 1 is 0.750 bits per heavy atom. The molecule has 0 bridgehead atoms. The summed E-state index contributed by atoms with van der Waals surface area (Å²) in [5.74, 6) is 0.824. The van der Waals surface area contributed by atoms with E-state index < -0.39 is 0 Å². The number of hydrogen-bond donors (Lipinski definition) is 2. The normalized spacial score (nSPS) is 10.9. The van der Waals surface area contributed by atoms with E-state index in [1.807, 2.05) is 0 Å². The van der Waals surface area contributed by atoms with Gasteiger partial charge in [-0.3, -0.25) is 9.59 Å². The van der Waals surface area contributed by atoms with Gasteiger partial charge < -0.3 is 19.5 Å². The summed E-state index contributed by atoms with van der Waals surface area (Å²) in [5, 5.41) is 24.5. The quantitative estimate of drug-likeness (QED) is 0.317. The topological polar surface area (TPSA) is 136 Å². The molecule has 0 radical (unpaired) electrons. The minimum absolute atomic E-state index is 0.162. The number of carbonyl (C=O) groups excluding carboxylic acids is 2. The van der Waals surface area contributed by atoms with E-state index in [1.165, 1.54) is 35.2 Å². The molecule has 2 amide bonds. The third-order valence-corrected chi connectivity index (χ3v) is 6.08. The minimum Gasteiger partial charge on any atom is -0.469 e. The second kappa shape index (κ2) is 10.8. The Labute approximate surface area is 191 Å². The molecule has 0 aliphatic rings. The van der Waals surface area contributed by atoms with E-state index in [0.717, 1.165) is 35.7 Å². The van der Waals surface area contributed by atoms with E-state index in [9.17, 15) is 9.59 Å². The average Bonchev–Trinajstić information content (AvgIpc) is 3.55. The van der Waals surface area contributed by atoms with E-state index in [1.54, 1.807) is 24.3 Å². The summed E-state index contributed by atoms with van der Waals surface area (Å²) < 4.78 is 10.3. The Morgan fingerprint density at radius 2 is 1.22 bits per heavy atom. The fraction of sp³-hybridized carbons (Fsp3) is 0.300. The molecule has 4 rings (SSSR count). The van der Waals surface area contributed by atoms with Crippen molar-refractivity contribution in [2.24, 2.45) is 0 Å². The Kier molecular flexibility index (Phi) is 7.35. The van der Waals surface area contributed by atoms with Gasteiger partial charge in [0.15, 0.2) is 0 Å². The zero-order valence-electron chi connectivity index (χ0n) is 16.9. The van der Waals surface area contributed by atoms with Gasteiger partial charge in [0.05, 0.1) is 25.4 Å². The molecular weight excluding hydrogens is 452 g/mol. The van der Waals surface area contributed by atoms with Gasteiger partial charge in [-0.15, -0.1) is 20.4 Å². The number of nitrogens with zero attached hydrogens (tertiary/aromatic N) is 4. The van der Waals surface area contributed by atoms with Crippen LogP contribution in [0.2, 0.25) is 0 Å². The van der Waals surface area contributed by atoms with E-state index in [2.05, 4.69) is 31.0 Å². The summed E-state index contributed by atoms with van der Waals surface area (Å²) in [7, 11) is 0. The molecule has 0 aliphatic carbocycles. The number of aromatic nitrogens is 4. The van der Waals surface area contributed by atoms with E-state index in [4.69, 9.17) is 8.83 Å². The number of amides is 2. The number of rotatable bonds is 11. The fourth-order valence-electron chi connectivity index (χ4n) is 2.83.